The first-order valence-corrected chi connectivity index (χ1v) is 12.3. The lowest BCUT2D eigenvalue weighted by Gasteiger charge is -2.26. The van der Waals surface area contributed by atoms with Gasteiger partial charge in [0.1, 0.15) is 17.3 Å². The highest BCUT2D eigenvalue weighted by Crippen LogP contribution is 2.40. The number of rotatable bonds is 12. The molecule has 0 saturated carbocycles. The second-order valence-electron chi connectivity index (χ2n) is 8.94. The fourth-order valence-corrected chi connectivity index (χ4v) is 3.95. The van der Waals surface area contributed by atoms with E-state index in [0.717, 1.165) is 30.6 Å². The van der Waals surface area contributed by atoms with Gasteiger partial charge in [0.15, 0.2) is 0 Å². The molecule has 1 N–H and O–H groups in total. The van der Waals surface area contributed by atoms with E-state index in [0.29, 0.717) is 37.6 Å². The number of Topliss-reactive ketones (excluding diaryl/α,β-unsaturated/α-hetero) is 1. The topological polar surface area (TPSA) is 79.3 Å². The first kappa shape index (κ1) is 26.3. The van der Waals surface area contributed by atoms with Crippen LogP contribution in [0.2, 0.25) is 0 Å². The lowest BCUT2D eigenvalue weighted by atomic mass is 9.95. The smallest absolute Gasteiger partial charge is 0.295 e. The molecule has 0 bridgehead atoms. The number of nitrogens with zero attached hydrogens (tertiary/aromatic N) is 2. The molecule has 0 spiro atoms. The molecular weight excluding hydrogens is 444 g/mol. The van der Waals surface area contributed by atoms with Crippen LogP contribution in [0.25, 0.3) is 5.76 Å². The largest absolute Gasteiger partial charge is 0.507 e. The van der Waals surface area contributed by atoms with Gasteiger partial charge in [-0.15, -0.1) is 0 Å². The Morgan fingerprint density at radius 1 is 0.971 bits per heavy atom. The summed E-state index contributed by atoms with van der Waals surface area (Å²) in [4.78, 5) is 29.7. The van der Waals surface area contributed by atoms with Crippen molar-refractivity contribution in [3.63, 3.8) is 0 Å². The Balaban J connectivity index is 2.02. The van der Waals surface area contributed by atoms with E-state index in [9.17, 15) is 14.7 Å². The quantitative estimate of drug-likeness (QED) is 0.206. The average molecular weight is 481 g/mol. The third-order valence-electron chi connectivity index (χ3n) is 5.87. The van der Waals surface area contributed by atoms with E-state index in [-0.39, 0.29) is 11.3 Å². The van der Waals surface area contributed by atoms with Gasteiger partial charge in [-0.25, -0.2) is 0 Å². The molecule has 1 unspecified atom stereocenters. The predicted molar refractivity (Wildman–Crippen MR) is 137 cm³/mol. The van der Waals surface area contributed by atoms with Gasteiger partial charge in [0.2, 0.25) is 0 Å². The maximum absolute atomic E-state index is 13.2. The summed E-state index contributed by atoms with van der Waals surface area (Å²) in [5.41, 5.74) is 1.26. The molecule has 1 saturated heterocycles. The summed E-state index contributed by atoms with van der Waals surface area (Å²) in [7, 11) is 3.83. The molecule has 1 atom stereocenters. The SMILES string of the molecule is CCCCOc1ccc(C2C(=C(O)c3cccc(OCCC)c3)C(=O)C(=O)N2CCN(C)C)cc1. The van der Waals surface area contributed by atoms with Crippen LogP contribution < -0.4 is 9.47 Å². The lowest BCUT2D eigenvalue weighted by molar-refractivity contribution is -0.140. The molecule has 188 valence electrons. The van der Waals surface area contributed by atoms with Crippen LogP contribution in [0.15, 0.2) is 54.1 Å². The second kappa shape index (κ2) is 12.4. The molecule has 1 aliphatic heterocycles. The first-order chi connectivity index (χ1) is 16.9. The van der Waals surface area contributed by atoms with E-state index < -0.39 is 17.7 Å². The minimum Gasteiger partial charge on any atom is -0.507 e. The highest BCUT2D eigenvalue weighted by Gasteiger charge is 2.45. The van der Waals surface area contributed by atoms with Crippen molar-refractivity contribution < 1.29 is 24.2 Å². The number of carbonyl (C=O) groups excluding carboxylic acids is 2. The minimum atomic E-state index is -0.695. The van der Waals surface area contributed by atoms with E-state index in [1.54, 1.807) is 24.3 Å². The van der Waals surface area contributed by atoms with Gasteiger partial charge in [0.25, 0.3) is 11.7 Å². The Morgan fingerprint density at radius 3 is 2.34 bits per heavy atom. The highest BCUT2D eigenvalue weighted by molar-refractivity contribution is 6.46. The fraction of sp³-hybridized carbons (Fsp3) is 0.429. The van der Waals surface area contributed by atoms with Gasteiger partial charge in [0.05, 0.1) is 24.8 Å². The van der Waals surface area contributed by atoms with Gasteiger partial charge in [-0.05, 0) is 56.8 Å². The van der Waals surface area contributed by atoms with Crippen LogP contribution >= 0.6 is 0 Å². The van der Waals surface area contributed by atoms with Crippen molar-refractivity contribution in [2.24, 2.45) is 0 Å². The van der Waals surface area contributed by atoms with E-state index >= 15 is 0 Å². The number of hydrogen-bond donors (Lipinski definition) is 1. The van der Waals surface area contributed by atoms with Gasteiger partial charge in [-0.2, -0.15) is 0 Å². The van der Waals surface area contributed by atoms with Crippen LogP contribution in [0.5, 0.6) is 11.5 Å². The Morgan fingerprint density at radius 2 is 1.69 bits per heavy atom. The lowest BCUT2D eigenvalue weighted by Crippen LogP contribution is -2.35. The Kier molecular flexibility index (Phi) is 9.32. The maximum atomic E-state index is 13.2. The number of ketones is 1. The Bertz CT molecular complexity index is 1050. The molecule has 1 aliphatic rings. The van der Waals surface area contributed by atoms with E-state index in [1.165, 1.54) is 4.90 Å². The second-order valence-corrected chi connectivity index (χ2v) is 8.94. The first-order valence-electron chi connectivity index (χ1n) is 12.3. The molecule has 1 heterocycles. The normalized spacial score (nSPS) is 17.3. The molecule has 3 rings (SSSR count). The summed E-state index contributed by atoms with van der Waals surface area (Å²) < 4.78 is 11.5. The Hall–Kier alpha value is -3.32. The third-order valence-corrected chi connectivity index (χ3v) is 5.87. The number of benzene rings is 2. The fourth-order valence-electron chi connectivity index (χ4n) is 3.95. The number of likely N-dealkylation sites (tertiary alicyclic amines) is 1. The number of likely N-dealkylation sites (N-methyl/N-ethyl adjacent to an activating group) is 1. The predicted octanol–water partition coefficient (Wildman–Crippen LogP) is 4.64. The Labute approximate surface area is 207 Å². The van der Waals surface area contributed by atoms with E-state index in [1.807, 2.05) is 50.2 Å². The van der Waals surface area contributed by atoms with Gasteiger partial charge in [0, 0.05) is 18.7 Å². The van der Waals surface area contributed by atoms with Gasteiger partial charge >= 0.3 is 0 Å². The maximum Gasteiger partial charge on any atom is 0.295 e. The van der Waals surface area contributed by atoms with Gasteiger partial charge < -0.3 is 24.4 Å². The minimum absolute atomic E-state index is 0.0843. The zero-order valence-electron chi connectivity index (χ0n) is 21.1. The van der Waals surface area contributed by atoms with Crippen LogP contribution in [0.4, 0.5) is 0 Å². The summed E-state index contributed by atoms with van der Waals surface area (Å²) >= 11 is 0. The molecule has 2 aromatic carbocycles. The summed E-state index contributed by atoms with van der Waals surface area (Å²) in [6.07, 6.45) is 2.86. The zero-order valence-corrected chi connectivity index (χ0v) is 21.1. The van der Waals surface area contributed by atoms with Gasteiger partial charge in [-0.3, -0.25) is 9.59 Å². The molecule has 0 aromatic heterocycles. The number of unbranched alkanes of at least 4 members (excludes halogenated alkanes) is 1. The summed E-state index contributed by atoms with van der Waals surface area (Å²) in [6.45, 7) is 6.24. The van der Waals surface area contributed by atoms with E-state index in [2.05, 4.69) is 6.92 Å². The summed E-state index contributed by atoms with van der Waals surface area (Å²) in [6, 6.07) is 13.7. The monoisotopic (exact) mass is 480 g/mol. The molecule has 0 radical (unpaired) electrons. The van der Waals surface area contributed by atoms with Crippen LogP contribution in [-0.2, 0) is 9.59 Å². The molecular formula is C28H36N2O5. The van der Waals surface area contributed by atoms with Crippen molar-refractivity contribution in [2.75, 3.05) is 40.4 Å². The number of ether oxygens (including phenoxy) is 2. The van der Waals surface area contributed by atoms with Gasteiger partial charge in [-0.1, -0.05) is 44.5 Å². The molecule has 7 nitrogen and oxygen atoms in total. The number of aliphatic hydroxyl groups excluding tert-OH is 1. The average Bonchev–Trinajstić information content (AvgIpc) is 3.11. The molecule has 35 heavy (non-hydrogen) atoms. The number of amides is 1. The van der Waals surface area contributed by atoms with Crippen molar-refractivity contribution in [1.29, 1.82) is 0 Å². The van der Waals surface area contributed by atoms with Crippen LogP contribution in [0, 0.1) is 0 Å². The van der Waals surface area contributed by atoms with Crippen LogP contribution in [0.3, 0.4) is 0 Å². The van der Waals surface area contributed by atoms with Crippen molar-refractivity contribution >= 4 is 17.4 Å². The highest BCUT2D eigenvalue weighted by atomic mass is 16.5. The third kappa shape index (κ3) is 6.42. The molecule has 7 heteroatoms. The molecule has 2 aromatic rings. The van der Waals surface area contributed by atoms with Crippen molar-refractivity contribution in [3.05, 3.63) is 65.2 Å². The van der Waals surface area contributed by atoms with E-state index in [4.69, 9.17) is 9.47 Å². The van der Waals surface area contributed by atoms with Crippen molar-refractivity contribution in [2.45, 2.75) is 39.2 Å². The van der Waals surface area contributed by atoms with Crippen molar-refractivity contribution in [3.8, 4) is 11.5 Å². The summed E-state index contributed by atoms with van der Waals surface area (Å²) in [5, 5.41) is 11.3. The molecule has 1 fully saturated rings. The standard InChI is InChI=1S/C28H36N2O5/c1-5-7-18-35-22-13-11-20(12-14-22)25-24(27(32)28(33)30(25)16-15-29(3)4)26(31)21-9-8-10-23(19-21)34-17-6-2/h8-14,19,25,31H,5-7,15-18H2,1-4H3. The summed E-state index contributed by atoms with van der Waals surface area (Å²) in [5.74, 6) is -0.170. The van der Waals surface area contributed by atoms with Crippen molar-refractivity contribution in [1.82, 2.24) is 9.80 Å². The number of hydrogen-bond acceptors (Lipinski definition) is 6. The zero-order chi connectivity index (χ0) is 25.4. The van der Waals surface area contributed by atoms with Crippen LogP contribution in [0.1, 0.15) is 50.3 Å². The van der Waals surface area contributed by atoms with Crippen LogP contribution in [-0.4, -0.2) is 67.0 Å². The molecule has 0 aliphatic carbocycles. The molecule has 1 amide bonds. The number of carbonyl (C=O) groups is 2. The number of aliphatic hydroxyl groups is 1.